The van der Waals surface area contributed by atoms with Crippen molar-refractivity contribution in [3.05, 3.63) is 0 Å². The van der Waals surface area contributed by atoms with Gasteiger partial charge in [0.05, 0.1) is 26.2 Å². The van der Waals surface area contributed by atoms with Crippen molar-refractivity contribution >= 4 is 29.8 Å². The topological polar surface area (TPSA) is 193 Å². The van der Waals surface area contributed by atoms with Gasteiger partial charge >= 0.3 is 29.8 Å². The highest BCUT2D eigenvalue weighted by molar-refractivity contribution is 5.73. The third-order valence-electron chi connectivity index (χ3n) is 5.66. The summed E-state index contributed by atoms with van der Waals surface area (Å²) in [6, 6.07) is 0. The van der Waals surface area contributed by atoms with E-state index < -0.39 is 56.0 Å². The molecule has 0 rings (SSSR count). The lowest BCUT2D eigenvalue weighted by Crippen LogP contribution is -2.43. The van der Waals surface area contributed by atoms with Crippen LogP contribution in [0.4, 0.5) is 0 Å². The van der Waals surface area contributed by atoms with Gasteiger partial charge in [-0.3, -0.25) is 33.8 Å². The van der Waals surface area contributed by atoms with Crippen molar-refractivity contribution in [1.29, 1.82) is 0 Å². The maximum absolute atomic E-state index is 10.6. The summed E-state index contributed by atoms with van der Waals surface area (Å²) in [6.45, 7) is 0.00984. The van der Waals surface area contributed by atoms with Gasteiger partial charge in [-0.2, -0.15) is 0 Å². The fourth-order valence-electron chi connectivity index (χ4n) is 3.77. The van der Waals surface area contributed by atoms with E-state index in [-0.39, 0.29) is 13.1 Å². The summed E-state index contributed by atoms with van der Waals surface area (Å²) in [5, 5.41) is 43.0. The summed E-state index contributed by atoms with van der Waals surface area (Å²) in [7, 11) is 0. The molecule has 0 amide bonds. The molecule has 0 aliphatic carbocycles. The predicted octanol–water partition coefficient (Wildman–Crippen LogP) is 3.48. The Bertz CT molecular complexity index is 604. The Labute approximate surface area is 225 Å². The van der Waals surface area contributed by atoms with Crippen LogP contribution in [-0.4, -0.2) is 104 Å². The van der Waals surface area contributed by atoms with Gasteiger partial charge < -0.3 is 25.5 Å². The van der Waals surface area contributed by atoms with Crippen LogP contribution in [0, 0.1) is 0 Å². The lowest BCUT2D eigenvalue weighted by molar-refractivity contribution is -0.145. The van der Waals surface area contributed by atoms with Gasteiger partial charge in [-0.05, 0) is 6.42 Å². The van der Waals surface area contributed by atoms with Gasteiger partial charge in [0.2, 0.25) is 0 Å². The van der Waals surface area contributed by atoms with Crippen molar-refractivity contribution in [2.75, 3.05) is 39.3 Å². The maximum Gasteiger partial charge on any atom is 0.317 e. The van der Waals surface area contributed by atoms with E-state index in [1.54, 1.807) is 0 Å². The third kappa shape index (κ3) is 31.3. The van der Waals surface area contributed by atoms with E-state index in [0.29, 0.717) is 6.42 Å². The minimum Gasteiger partial charge on any atom is -0.481 e. The molecule has 0 fully saturated rings. The standard InChI is InChI=1S/C16H32O2.C10H16N2O8/c1-2-3-4-5-6-7-8-9-10-11-12-13-14-15-16(17)18;13-7(14)3-11(4-8(15)16)1-2-12(5-9(17)18)6-10(19)20/h2-15H2,1H3,(H,17,18);1-6H2,(H,13,14)(H,15,16)(H,17,18)(H,19,20). The van der Waals surface area contributed by atoms with Crippen LogP contribution in [0.25, 0.3) is 0 Å². The van der Waals surface area contributed by atoms with Crippen molar-refractivity contribution < 1.29 is 49.5 Å². The van der Waals surface area contributed by atoms with Gasteiger partial charge in [-0.1, -0.05) is 84.0 Å². The molecule has 0 aliphatic rings. The Balaban J connectivity index is 0. The van der Waals surface area contributed by atoms with E-state index in [2.05, 4.69) is 6.92 Å². The largest absolute Gasteiger partial charge is 0.481 e. The molecule has 222 valence electrons. The van der Waals surface area contributed by atoms with Crippen LogP contribution >= 0.6 is 0 Å². The van der Waals surface area contributed by atoms with Crippen LogP contribution in [0.15, 0.2) is 0 Å². The highest BCUT2D eigenvalue weighted by Crippen LogP contribution is 2.12. The van der Waals surface area contributed by atoms with E-state index in [1.165, 1.54) is 70.6 Å². The molecule has 0 unspecified atom stereocenters. The van der Waals surface area contributed by atoms with Gasteiger partial charge in [0.1, 0.15) is 0 Å². The first-order chi connectivity index (χ1) is 18.0. The van der Waals surface area contributed by atoms with Gasteiger partial charge in [-0.15, -0.1) is 0 Å². The Hall–Kier alpha value is -2.73. The summed E-state index contributed by atoms with van der Waals surface area (Å²) in [5.74, 6) is -5.56. The Kier molecular flexibility index (Phi) is 25.5. The summed E-state index contributed by atoms with van der Waals surface area (Å²) in [6.07, 6.45) is 17.3. The number of aliphatic carboxylic acids is 5. The Morgan fingerprint density at radius 3 is 0.921 bits per heavy atom. The molecular formula is C26H48N2O10. The Morgan fingerprint density at radius 1 is 0.421 bits per heavy atom. The first kappa shape index (κ1) is 37.4. The first-order valence-electron chi connectivity index (χ1n) is 13.5. The zero-order chi connectivity index (χ0) is 29.2. The molecular weight excluding hydrogens is 500 g/mol. The number of nitrogens with zero attached hydrogens (tertiary/aromatic N) is 2. The number of unbranched alkanes of at least 4 members (excludes halogenated alkanes) is 12. The molecule has 0 radical (unpaired) electrons. The average Bonchev–Trinajstić information content (AvgIpc) is 2.79. The molecule has 0 aromatic rings. The molecule has 0 atom stereocenters. The number of hydrogen-bond donors (Lipinski definition) is 5. The first-order valence-corrected chi connectivity index (χ1v) is 13.5. The molecule has 0 heterocycles. The van der Waals surface area contributed by atoms with Gasteiger partial charge in [0.25, 0.3) is 0 Å². The second kappa shape index (κ2) is 25.9. The van der Waals surface area contributed by atoms with E-state index in [9.17, 15) is 24.0 Å². The van der Waals surface area contributed by atoms with E-state index in [1.807, 2.05) is 0 Å². The quantitative estimate of drug-likeness (QED) is 0.104. The van der Waals surface area contributed by atoms with Gasteiger partial charge in [-0.25, -0.2) is 0 Å². The molecule has 0 aromatic heterocycles. The molecule has 0 saturated heterocycles. The third-order valence-corrected chi connectivity index (χ3v) is 5.66. The highest BCUT2D eigenvalue weighted by Gasteiger charge is 2.18. The predicted molar refractivity (Wildman–Crippen MR) is 141 cm³/mol. The normalized spacial score (nSPS) is 10.7. The molecule has 38 heavy (non-hydrogen) atoms. The second-order valence-corrected chi connectivity index (χ2v) is 9.38. The zero-order valence-electron chi connectivity index (χ0n) is 22.8. The van der Waals surface area contributed by atoms with Crippen LogP contribution in [0.1, 0.15) is 96.8 Å². The number of hydrogen-bond acceptors (Lipinski definition) is 7. The van der Waals surface area contributed by atoms with Crippen LogP contribution in [0.3, 0.4) is 0 Å². The zero-order valence-corrected chi connectivity index (χ0v) is 22.8. The molecule has 12 nitrogen and oxygen atoms in total. The van der Waals surface area contributed by atoms with Gasteiger partial charge in [0.15, 0.2) is 0 Å². The smallest absolute Gasteiger partial charge is 0.317 e. The van der Waals surface area contributed by atoms with Gasteiger partial charge in [0, 0.05) is 19.5 Å². The number of carboxylic acid groups (broad SMARTS) is 5. The van der Waals surface area contributed by atoms with E-state index in [0.717, 1.165) is 22.6 Å². The fraction of sp³-hybridized carbons (Fsp3) is 0.808. The van der Waals surface area contributed by atoms with E-state index >= 15 is 0 Å². The van der Waals surface area contributed by atoms with Crippen molar-refractivity contribution in [3.63, 3.8) is 0 Å². The minimum atomic E-state index is -1.23. The van der Waals surface area contributed by atoms with Crippen molar-refractivity contribution in [2.24, 2.45) is 0 Å². The SMILES string of the molecule is CCCCCCCCCCCCCCCC(=O)O.O=C(O)CN(CCN(CC(=O)O)CC(=O)O)CC(=O)O. The van der Waals surface area contributed by atoms with Crippen molar-refractivity contribution in [1.82, 2.24) is 9.80 Å². The summed E-state index contributed by atoms with van der Waals surface area (Å²) < 4.78 is 0. The molecule has 0 spiro atoms. The van der Waals surface area contributed by atoms with Crippen LogP contribution in [0.5, 0.6) is 0 Å². The fourth-order valence-corrected chi connectivity index (χ4v) is 3.77. The highest BCUT2D eigenvalue weighted by atomic mass is 16.4. The van der Waals surface area contributed by atoms with Crippen LogP contribution in [0.2, 0.25) is 0 Å². The second-order valence-electron chi connectivity index (χ2n) is 9.38. The van der Waals surface area contributed by atoms with Crippen molar-refractivity contribution in [2.45, 2.75) is 96.8 Å². The molecule has 0 saturated carbocycles. The maximum atomic E-state index is 10.6. The molecule has 5 N–H and O–H groups in total. The van der Waals surface area contributed by atoms with Crippen LogP contribution < -0.4 is 0 Å². The van der Waals surface area contributed by atoms with Crippen molar-refractivity contribution in [3.8, 4) is 0 Å². The number of rotatable bonds is 25. The molecule has 0 aliphatic heterocycles. The van der Waals surface area contributed by atoms with Crippen LogP contribution in [-0.2, 0) is 24.0 Å². The lowest BCUT2D eigenvalue weighted by atomic mass is 10.0. The molecule has 12 heteroatoms. The molecule has 0 bridgehead atoms. The Morgan fingerprint density at radius 2 is 0.684 bits per heavy atom. The summed E-state index contributed by atoms with van der Waals surface area (Å²) >= 11 is 0. The minimum absolute atomic E-state index is 0.0703. The number of carbonyl (C=O) groups is 5. The average molecular weight is 549 g/mol. The summed E-state index contributed by atoms with van der Waals surface area (Å²) in [5.41, 5.74) is 0. The van der Waals surface area contributed by atoms with E-state index in [4.69, 9.17) is 25.5 Å². The number of carboxylic acids is 5. The lowest BCUT2D eigenvalue weighted by Gasteiger charge is -2.23. The molecule has 0 aromatic carbocycles. The summed E-state index contributed by atoms with van der Waals surface area (Å²) in [4.78, 5) is 54.7. The monoisotopic (exact) mass is 548 g/mol.